The zero-order valence-electron chi connectivity index (χ0n) is 18.5. The van der Waals surface area contributed by atoms with E-state index in [9.17, 15) is 9.18 Å². The lowest BCUT2D eigenvalue weighted by atomic mass is 10.1. The van der Waals surface area contributed by atoms with Gasteiger partial charge in [0.15, 0.2) is 0 Å². The van der Waals surface area contributed by atoms with E-state index in [-0.39, 0.29) is 19.4 Å². The molecule has 0 atom stereocenters. The van der Waals surface area contributed by atoms with Gasteiger partial charge in [0.05, 0.1) is 18.7 Å². The third-order valence-electron chi connectivity index (χ3n) is 4.81. The lowest BCUT2D eigenvalue weighted by Crippen LogP contribution is -2.11. The molecule has 0 radical (unpaired) electrons. The van der Waals surface area contributed by atoms with Crippen LogP contribution in [-0.4, -0.2) is 18.2 Å². The molecule has 0 bridgehead atoms. The number of aliphatic carboxylic acids is 1. The summed E-state index contributed by atoms with van der Waals surface area (Å²) in [5.74, 6) is -0.515. The smallest absolute Gasteiger partial charge is 0.303 e. The minimum atomic E-state index is -0.969. The Morgan fingerprint density at radius 1 is 1.09 bits per heavy atom. The number of hydrogen-bond acceptors (Lipinski definition) is 6. The Morgan fingerprint density at radius 2 is 1.79 bits per heavy atom. The number of nitrogens with one attached hydrogen (secondary N) is 1. The molecule has 0 amide bonds. The number of ether oxygens (including phenoxy) is 2. The zero-order chi connectivity index (χ0) is 24.3. The van der Waals surface area contributed by atoms with Crippen molar-refractivity contribution < 1.29 is 28.6 Å². The molecule has 3 aromatic carbocycles. The summed E-state index contributed by atoms with van der Waals surface area (Å²) in [5, 5.41) is 17.7. The van der Waals surface area contributed by atoms with Crippen molar-refractivity contribution in [3.8, 4) is 17.6 Å². The molecule has 0 aliphatic rings. The topological polar surface area (TPSA) is 101 Å². The summed E-state index contributed by atoms with van der Waals surface area (Å²) in [6.07, 6.45) is 1.51. The molecule has 34 heavy (non-hydrogen) atoms. The van der Waals surface area contributed by atoms with Gasteiger partial charge in [0.2, 0.25) is 0 Å². The van der Waals surface area contributed by atoms with Crippen LogP contribution in [0, 0.1) is 17.1 Å². The van der Waals surface area contributed by atoms with Crippen molar-refractivity contribution in [1.29, 1.82) is 5.26 Å². The quantitative estimate of drug-likeness (QED) is 0.311. The van der Waals surface area contributed by atoms with Crippen molar-refractivity contribution in [1.82, 2.24) is 5.48 Å². The van der Waals surface area contributed by atoms with E-state index < -0.39 is 11.8 Å². The number of nitriles is 1. The number of hydrogen-bond donors (Lipinski definition) is 2. The van der Waals surface area contributed by atoms with Crippen LogP contribution in [0.1, 0.15) is 28.7 Å². The molecule has 7 nitrogen and oxygen atoms in total. The molecule has 2 N–H and O–H groups in total. The minimum absolute atomic E-state index is 0.128. The second kappa shape index (κ2) is 12.0. The van der Waals surface area contributed by atoms with Gasteiger partial charge in [-0.1, -0.05) is 30.3 Å². The van der Waals surface area contributed by atoms with Gasteiger partial charge in [0.25, 0.3) is 0 Å². The number of carboxylic acid groups (broad SMARTS) is 1. The van der Waals surface area contributed by atoms with Crippen molar-refractivity contribution in [2.24, 2.45) is 0 Å². The lowest BCUT2D eigenvalue weighted by molar-refractivity contribution is -0.136. The molecule has 0 heterocycles. The maximum absolute atomic E-state index is 14.1. The summed E-state index contributed by atoms with van der Waals surface area (Å²) in [5.41, 5.74) is 5.86. The second-order valence-electron chi connectivity index (χ2n) is 7.22. The fourth-order valence-corrected chi connectivity index (χ4v) is 3.01. The molecular formula is C26H23FN2O5. The van der Waals surface area contributed by atoms with E-state index in [0.29, 0.717) is 28.3 Å². The van der Waals surface area contributed by atoms with Crippen molar-refractivity contribution in [2.45, 2.75) is 19.4 Å². The third-order valence-corrected chi connectivity index (χ3v) is 4.81. The second-order valence-corrected chi connectivity index (χ2v) is 7.22. The lowest BCUT2D eigenvalue weighted by Gasteiger charge is -2.11. The Kier molecular flexibility index (Phi) is 8.60. The fourth-order valence-electron chi connectivity index (χ4n) is 3.01. The Balaban J connectivity index is 1.58. The molecule has 0 aromatic heterocycles. The summed E-state index contributed by atoms with van der Waals surface area (Å²) in [4.78, 5) is 15.7. The summed E-state index contributed by atoms with van der Waals surface area (Å²) in [7, 11) is 1.49. The number of nitrogens with zero attached hydrogens (tertiary/aromatic N) is 1. The molecule has 0 aliphatic carbocycles. The SMILES string of the molecule is CONC(=COc1ccc(COc2ccc(CCC(=O)O)c(F)c2)cc1)c1ccc(C#N)cc1. The average molecular weight is 462 g/mol. The monoisotopic (exact) mass is 462 g/mol. The van der Waals surface area contributed by atoms with Crippen molar-refractivity contribution in [2.75, 3.05) is 7.11 Å². The zero-order valence-corrected chi connectivity index (χ0v) is 18.5. The van der Waals surface area contributed by atoms with E-state index in [1.807, 2.05) is 12.1 Å². The van der Waals surface area contributed by atoms with Gasteiger partial charge < -0.3 is 14.6 Å². The Morgan fingerprint density at radius 3 is 2.41 bits per heavy atom. The minimum Gasteiger partial charge on any atom is -0.489 e. The van der Waals surface area contributed by atoms with Gasteiger partial charge in [-0.3, -0.25) is 15.1 Å². The highest BCUT2D eigenvalue weighted by Gasteiger charge is 2.07. The van der Waals surface area contributed by atoms with E-state index in [4.69, 9.17) is 24.7 Å². The van der Waals surface area contributed by atoms with E-state index in [0.717, 1.165) is 11.1 Å². The maximum Gasteiger partial charge on any atom is 0.303 e. The van der Waals surface area contributed by atoms with Crippen molar-refractivity contribution in [3.05, 3.63) is 101 Å². The molecule has 0 saturated carbocycles. The molecular weight excluding hydrogens is 439 g/mol. The first-order valence-corrected chi connectivity index (χ1v) is 10.4. The molecule has 174 valence electrons. The number of rotatable bonds is 11. The molecule has 0 aliphatic heterocycles. The van der Waals surface area contributed by atoms with Gasteiger partial charge >= 0.3 is 5.97 Å². The maximum atomic E-state index is 14.1. The Labute approximate surface area is 196 Å². The van der Waals surface area contributed by atoms with E-state index in [1.54, 1.807) is 42.5 Å². The van der Waals surface area contributed by atoms with Crippen LogP contribution < -0.4 is 15.0 Å². The van der Waals surface area contributed by atoms with Gasteiger partial charge in [-0.25, -0.2) is 4.39 Å². The third kappa shape index (κ3) is 7.08. The van der Waals surface area contributed by atoms with Crippen LogP contribution in [0.4, 0.5) is 4.39 Å². The number of carboxylic acids is 1. The number of halogens is 1. The molecule has 3 rings (SSSR count). The first-order chi connectivity index (χ1) is 16.5. The molecule has 0 unspecified atom stereocenters. The first kappa shape index (κ1) is 24.3. The Bertz CT molecular complexity index is 1190. The molecule has 0 fully saturated rings. The summed E-state index contributed by atoms with van der Waals surface area (Å²) >= 11 is 0. The van der Waals surface area contributed by atoms with E-state index in [1.165, 1.54) is 25.5 Å². The summed E-state index contributed by atoms with van der Waals surface area (Å²) < 4.78 is 25.5. The molecule has 3 aromatic rings. The van der Waals surface area contributed by atoms with E-state index in [2.05, 4.69) is 11.5 Å². The molecule has 0 spiro atoms. The van der Waals surface area contributed by atoms with Crippen LogP contribution in [0.25, 0.3) is 5.70 Å². The van der Waals surface area contributed by atoms with Gasteiger partial charge in [-0.2, -0.15) is 5.26 Å². The van der Waals surface area contributed by atoms with Crippen LogP contribution in [0.5, 0.6) is 11.5 Å². The summed E-state index contributed by atoms with van der Waals surface area (Å²) in [6, 6.07) is 20.6. The summed E-state index contributed by atoms with van der Waals surface area (Å²) in [6.45, 7) is 0.228. The van der Waals surface area contributed by atoms with Crippen LogP contribution >= 0.6 is 0 Å². The van der Waals surface area contributed by atoms with Crippen LogP contribution in [0.3, 0.4) is 0 Å². The Hall–Kier alpha value is -4.35. The molecule has 8 heteroatoms. The van der Waals surface area contributed by atoms with Gasteiger partial charge in [-0.15, -0.1) is 0 Å². The van der Waals surface area contributed by atoms with Gasteiger partial charge in [-0.05, 0) is 47.9 Å². The molecule has 0 saturated heterocycles. The number of aryl methyl sites for hydroxylation is 1. The van der Waals surface area contributed by atoms with Crippen LogP contribution in [-0.2, 0) is 22.7 Å². The standard InChI is InChI=1S/C26H23FN2O5/c1-32-29-25(21-6-2-18(15-28)3-7-21)17-34-22-10-4-19(5-11-22)16-33-23-12-8-20(24(27)14-23)9-13-26(30)31/h2-8,10-12,14,17,29H,9,13,16H2,1H3,(H,30,31). The highest BCUT2D eigenvalue weighted by molar-refractivity contribution is 5.67. The number of carbonyl (C=O) groups is 1. The average Bonchev–Trinajstić information content (AvgIpc) is 2.85. The van der Waals surface area contributed by atoms with Gasteiger partial charge in [0, 0.05) is 18.1 Å². The fraction of sp³-hybridized carbons (Fsp3) is 0.154. The number of hydroxylamine groups is 1. The van der Waals surface area contributed by atoms with Crippen molar-refractivity contribution in [3.63, 3.8) is 0 Å². The highest BCUT2D eigenvalue weighted by Crippen LogP contribution is 2.21. The largest absolute Gasteiger partial charge is 0.489 e. The normalized spacial score (nSPS) is 10.9. The first-order valence-electron chi connectivity index (χ1n) is 10.4. The van der Waals surface area contributed by atoms with E-state index >= 15 is 0 Å². The van der Waals surface area contributed by atoms with Gasteiger partial charge in [0.1, 0.15) is 35.9 Å². The van der Waals surface area contributed by atoms with Crippen LogP contribution in [0.2, 0.25) is 0 Å². The van der Waals surface area contributed by atoms with Crippen LogP contribution in [0.15, 0.2) is 73.0 Å². The highest BCUT2D eigenvalue weighted by atomic mass is 19.1. The predicted octanol–water partition coefficient (Wildman–Crippen LogP) is 4.82. The number of benzene rings is 3. The predicted molar refractivity (Wildman–Crippen MR) is 123 cm³/mol. The van der Waals surface area contributed by atoms with Crippen molar-refractivity contribution >= 4 is 11.7 Å².